The molecule has 0 bridgehead atoms. The van der Waals surface area contributed by atoms with Crippen molar-refractivity contribution in [1.82, 2.24) is 0 Å². The van der Waals surface area contributed by atoms with Crippen LogP contribution in [0.1, 0.15) is 19.4 Å². The van der Waals surface area contributed by atoms with Crippen molar-refractivity contribution in [3.05, 3.63) is 52.8 Å². The Morgan fingerprint density at radius 3 is 2.60 bits per heavy atom. The van der Waals surface area contributed by atoms with Gasteiger partial charge in [0.2, 0.25) is 0 Å². The van der Waals surface area contributed by atoms with Crippen molar-refractivity contribution < 1.29 is 9.13 Å². The lowest BCUT2D eigenvalue weighted by atomic mass is 10.0. The van der Waals surface area contributed by atoms with Crippen molar-refractivity contribution in [2.24, 2.45) is 0 Å². The molecule has 0 spiro atoms. The second-order valence-corrected chi connectivity index (χ2v) is 5.05. The van der Waals surface area contributed by atoms with Gasteiger partial charge in [-0.05, 0) is 49.7 Å². The van der Waals surface area contributed by atoms with E-state index in [1.807, 2.05) is 13.8 Å². The van der Waals surface area contributed by atoms with E-state index >= 15 is 0 Å². The van der Waals surface area contributed by atoms with Crippen LogP contribution in [0.15, 0.2) is 36.4 Å². The molecule has 0 N–H and O–H groups in total. The van der Waals surface area contributed by atoms with Crippen LogP contribution >= 0.6 is 11.6 Å². The molecule has 2 nitrogen and oxygen atoms in total. The summed E-state index contributed by atoms with van der Waals surface area (Å²) < 4.78 is 19.4. The van der Waals surface area contributed by atoms with E-state index in [1.165, 1.54) is 18.2 Å². The first-order chi connectivity index (χ1) is 9.51. The highest BCUT2D eigenvalue weighted by Crippen LogP contribution is 2.30. The molecular weight excluding hydrogens is 277 g/mol. The van der Waals surface area contributed by atoms with Crippen molar-refractivity contribution in [3.63, 3.8) is 0 Å². The number of benzene rings is 2. The summed E-state index contributed by atoms with van der Waals surface area (Å²) in [6.07, 6.45) is -0.0316. The van der Waals surface area contributed by atoms with Crippen molar-refractivity contribution in [2.75, 3.05) is 0 Å². The minimum Gasteiger partial charge on any atom is -0.490 e. The summed E-state index contributed by atoms with van der Waals surface area (Å²) in [4.78, 5) is 0. The monoisotopic (exact) mass is 289 g/mol. The summed E-state index contributed by atoms with van der Waals surface area (Å²) in [6, 6.07) is 11.4. The molecule has 0 aromatic heterocycles. The Bertz CT molecular complexity index is 677. The van der Waals surface area contributed by atoms with E-state index in [4.69, 9.17) is 16.3 Å². The Kier molecular flexibility index (Phi) is 4.26. The van der Waals surface area contributed by atoms with E-state index in [9.17, 15) is 9.65 Å². The van der Waals surface area contributed by atoms with Crippen LogP contribution in [0.2, 0.25) is 5.02 Å². The summed E-state index contributed by atoms with van der Waals surface area (Å²) in [6.45, 7) is 3.76. The molecule has 0 aliphatic rings. The molecule has 20 heavy (non-hydrogen) atoms. The lowest BCUT2D eigenvalue weighted by Gasteiger charge is -2.12. The molecule has 0 aliphatic carbocycles. The van der Waals surface area contributed by atoms with Crippen molar-refractivity contribution in [3.8, 4) is 22.9 Å². The zero-order valence-corrected chi connectivity index (χ0v) is 11.9. The molecule has 102 valence electrons. The Hall–Kier alpha value is -2.05. The fourth-order valence-electron chi connectivity index (χ4n) is 1.86. The predicted octanol–water partition coefficient (Wildman–Crippen LogP) is 4.80. The molecule has 2 aromatic carbocycles. The molecule has 0 fully saturated rings. The van der Waals surface area contributed by atoms with Crippen LogP contribution in [0.25, 0.3) is 11.1 Å². The maximum absolute atomic E-state index is 13.8. The minimum atomic E-state index is -0.379. The molecule has 0 saturated carbocycles. The van der Waals surface area contributed by atoms with Crippen LogP contribution in [0.5, 0.6) is 5.75 Å². The maximum atomic E-state index is 13.8. The first kappa shape index (κ1) is 14.4. The number of nitriles is 1. The molecule has 0 aliphatic heterocycles. The fraction of sp³-hybridized carbons (Fsp3) is 0.188. The predicted molar refractivity (Wildman–Crippen MR) is 77.3 cm³/mol. The van der Waals surface area contributed by atoms with Gasteiger partial charge in [0, 0.05) is 10.6 Å². The molecular formula is C16H13ClFNO. The van der Waals surface area contributed by atoms with Gasteiger partial charge < -0.3 is 4.74 Å². The van der Waals surface area contributed by atoms with Gasteiger partial charge in [-0.1, -0.05) is 17.7 Å². The Labute approximate surface area is 122 Å². The van der Waals surface area contributed by atoms with E-state index in [0.29, 0.717) is 27.5 Å². The first-order valence-corrected chi connectivity index (χ1v) is 6.55. The summed E-state index contributed by atoms with van der Waals surface area (Å²) in [5, 5.41) is 9.62. The number of hydrogen-bond acceptors (Lipinski definition) is 2. The highest BCUT2D eigenvalue weighted by atomic mass is 35.5. The first-order valence-electron chi connectivity index (χ1n) is 6.17. The largest absolute Gasteiger partial charge is 0.490 e. The van der Waals surface area contributed by atoms with Crippen LogP contribution in [0, 0.1) is 17.1 Å². The Morgan fingerprint density at radius 1 is 1.20 bits per heavy atom. The zero-order chi connectivity index (χ0) is 14.7. The molecule has 4 heteroatoms. The molecule has 0 radical (unpaired) electrons. The van der Waals surface area contributed by atoms with E-state index in [2.05, 4.69) is 6.07 Å². The van der Waals surface area contributed by atoms with Gasteiger partial charge in [0.25, 0.3) is 0 Å². The second kappa shape index (κ2) is 5.94. The lowest BCUT2D eigenvalue weighted by Crippen LogP contribution is -2.06. The van der Waals surface area contributed by atoms with Gasteiger partial charge >= 0.3 is 0 Å². The topological polar surface area (TPSA) is 33.0 Å². The van der Waals surface area contributed by atoms with E-state index in [1.54, 1.807) is 18.2 Å². The van der Waals surface area contributed by atoms with Gasteiger partial charge in [-0.3, -0.25) is 0 Å². The number of nitrogens with zero attached hydrogens (tertiary/aromatic N) is 1. The van der Waals surface area contributed by atoms with Gasteiger partial charge in [-0.15, -0.1) is 0 Å². The van der Waals surface area contributed by atoms with E-state index in [-0.39, 0.29) is 11.9 Å². The van der Waals surface area contributed by atoms with Crippen LogP contribution < -0.4 is 4.74 Å². The Balaban J connectivity index is 2.49. The maximum Gasteiger partial charge on any atom is 0.137 e. The third kappa shape index (κ3) is 3.09. The summed E-state index contributed by atoms with van der Waals surface area (Å²) in [5.74, 6) is 0.115. The van der Waals surface area contributed by atoms with Gasteiger partial charge in [0.15, 0.2) is 0 Å². The third-order valence-corrected chi connectivity index (χ3v) is 2.94. The van der Waals surface area contributed by atoms with Gasteiger partial charge in [-0.25, -0.2) is 4.39 Å². The SMILES string of the molecule is CC(C)Oc1ccc(-c2cc(Cl)ccc2F)cc1C#N. The van der Waals surface area contributed by atoms with Gasteiger partial charge in [0.05, 0.1) is 11.7 Å². The van der Waals surface area contributed by atoms with Crippen LogP contribution in [0.4, 0.5) is 4.39 Å². The fourth-order valence-corrected chi connectivity index (χ4v) is 2.03. The standard InChI is InChI=1S/C16H13ClFNO/c1-10(2)20-16-6-3-11(7-12(16)9-19)14-8-13(17)4-5-15(14)18/h3-8,10H,1-2H3. The van der Waals surface area contributed by atoms with Gasteiger partial charge in [-0.2, -0.15) is 5.26 Å². The summed E-state index contributed by atoms with van der Waals surface area (Å²) in [7, 11) is 0. The molecule has 2 aromatic rings. The number of halogens is 2. The van der Waals surface area contributed by atoms with Crippen molar-refractivity contribution in [1.29, 1.82) is 5.26 Å². The molecule has 0 unspecified atom stereocenters. The minimum absolute atomic E-state index is 0.0316. The van der Waals surface area contributed by atoms with Crippen LogP contribution in [-0.2, 0) is 0 Å². The molecule has 0 saturated heterocycles. The average Bonchev–Trinajstić information content (AvgIpc) is 2.41. The number of ether oxygens (including phenoxy) is 1. The molecule has 0 amide bonds. The van der Waals surface area contributed by atoms with Crippen LogP contribution in [-0.4, -0.2) is 6.10 Å². The zero-order valence-electron chi connectivity index (χ0n) is 11.2. The van der Waals surface area contributed by atoms with Gasteiger partial charge in [0.1, 0.15) is 17.6 Å². The molecule has 0 atom stereocenters. The molecule has 2 rings (SSSR count). The third-order valence-electron chi connectivity index (χ3n) is 2.70. The normalized spacial score (nSPS) is 10.4. The van der Waals surface area contributed by atoms with E-state index in [0.717, 1.165) is 0 Å². The highest BCUT2D eigenvalue weighted by molar-refractivity contribution is 6.30. The van der Waals surface area contributed by atoms with Crippen LogP contribution in [0.3, 0.4) is 0 Å². The molecule has 0 heterocycles. The quantitative estimate of drug-likeness (QED) is 0.812. The smallest absolute Gasteiger partial charge is 0.137 e. The average molecular weight is 290 g/mol. The summed E-state index contributed by atoms with van der Waals surface area (Å²) in [5.41, 5.74) is 1.33. The van der Waals surface area contributed by atoms with Crippen molar-refractivity contribution >= 4 is 11.6 Å². The second-order valence-electron chi connectivity index (χ2n) is 4.61. The Morgan fingerprint density at radius 2 is 1.95 bits per heavy atom. The summed E-state index contributed by atoms with van der Waals surface area (Å²) >= 11 is 5.88. The van der Waals surface area contributed by atoms with Crippen molar-refractivity contribution in [2.45, 2.75) is 20.0 Å². The number of rotatable bonds is 3. The highest BCUT2D eigenvalue weighted by Gasteiger charge is 2.11. The number of hydrogen-bond donors (Lipinski definition) is 0. The lowest BCUT2D eigenvalue weighted by molar-refractivity contribution is 0.242. The van der Waals surface area contributed by atoms with E-state index < -0.39 is 0 Å².